The van der Waals surface area contributed by atoms with Gasteiger partial charge in [0, 0.05) is 30.7 Å². The van der Waals surface area contributed by atoms with Crippen molar-refractivity contribution in [2.45, 2.75) is 31.0 Å². The molecule has 0 saturated carbocycles. The van der Waals surface area contributed by atoms with Gasteiger partial charge in [-0.25, -0.2) is 8.78 Å². The van der Waals surface area contributed by atoms with Crippen LogP contribution in [0, 0.1) is 11.6 Å². The van der Waals surface area contributed by atoms with Gasteiger partial charge in [-0.15, -0.1) is 0 Å². The highest BCUT2D eigenvalue weighted by Crippen LogP contribution is 2.36. The molecule has 3 unspecified atom stereocenters. The topological polar surface area (TPSA) is 32.3 Å². The molecule has 0 spiro atoms. The molecule has 2 aliphatic heterocycles. The lowest BCUT2D eigenvalue weighted by molar-refractivity contribution is -0.114. The summed E-state index contributed by atoms with van der Waals surface area (Å²) in [6, 6.07) is 3.29. The summed E-state index contributed by atoms with van der Waals surface area (Å²) in [6.45, 7) is 1.55. The van der Waals surface area contributed by atoms with Gasteiger partial charge in [0.05, 0.1) is 6.04 Å². The molecule has 3 nitrogen and oxygen atoms in total. The summed E-state index contributed by atoms with van der Waals surface area (Å²) in [5.41, 5.74) is -0.115. The van der Waals surface area contributed by atoms with Gasteiger partial charge in [0.1, 0.15) is 17.9 Å². The molecule has 2 aliphatic rings. The maximum Gasteiger partial charge on any atom is 0.141 e. The lowest BCUT2D eigenvalue weighted by Crippen LogP contribution is -2.53. The van der Waals surface area contributed by atoms with Crippen LogP contribution in [0.3, 0.4) is 0 Å². The van der Waals surface area contributed by atoms with Gasteiger partial charge < -0.3 is 10.1 Å². The molecule has 2 heterocycles. The zero-order valence-electron chi connectivity index (χ0n) is 10.5. The van der Waals surface area contributed by atoms with Gasteiger partial charge in [-0.2, -0.15) is 0 Å². The number of nitrogens with one attached hydrogen (secondary N) is 1. The fraction of sp³-hybridized carbons (Fsp3) is 0.500. The Morgan fingerprint density at radius 2 is 1.79 bits per heavy atom. The number of rotatable bonds is 3. The lowest BCUT2D eigenvalue weighted by Gasteiger charge is -2.39. The van der Waals surface area contributed by atoms with E-state index in [1.54, 1.807) is 0 Å². The highest BCUT2D eigenvalue weighted by Gasteiger charge is 2.42. The average Bonchev–Trinajstić information content (AvgIpc) is 2.64. The Bertz CT molecular complexity index is 458. The second kappa shape index (κ2) is 4.98. The van der Waals surface area contributed by atoms with E-state index in [9.17, 15) is 13.6 Å². The van der Waals surface area contributed by atoms with Crippen LogP contribution in [0.15, 0.2) is 18.2 Å². The first-order valence-electron chi connectivity index (χ1n) is 6.59. The smallest absolute Gasteiger partial charge is 0.141 e. The van der Waals surface area contributed by atoms with E-state index >= 15 is 0 Å². The third kappa shape index (κ3) is 2.07. The molecule has 0 radical (unpaired) electrons. The summed E-state index contributed by atoms with van der Waals surface area (Å²) in [5, 5.41) is 3.29. The number of nitrogens with zero attached hydrogens (tertiary/aromatic N) is 1. The first-order valence-corrected chi connectivity index (χ1v) is 6.59. The number of hydrogen-bond donors (Lipinski definition) is 1. The van der Waals surface area contributed by atoms with E-state index in [-0.39, 0.29) is 17.6 Å². The number of hydrogen-bond acceptors (Lipinski definition) is 3. The quantitative estimate of drug-likeness (QED) is 0.844. The normalized spacial score (nSPS) is 28.3. The number of carbonyl (C=O) groups excluding carboxylic acids is 1. The van der Waals surface area contributed by atoms with Crippen LogP contribution in [-0.4, -0.2) is 36.4 Å². The summed E-state index contributed by atoms with van der Waals surface area (Å²) in [6.07, 6.45) is 2.61. The van der Waals surface area contributed by atoms with Gasteiger partial charge >= 0.3 is 0 Å². The molecule has 2 saturated heterocycles. The second-order valence-corrected chi connectivity index (χ2v) is 5.21. The van der Waals surface area contributed by atoms with Crippen LogP contribution in [0.4, 0.5) is 8.78 Å². The predicted octanol–water partition coefficient (Wildman–Crippen LogP) is 1.64. The molecule has 1 aromatic rings. The van der Waals surface area contributed by atoms with Crippen LogP contribution in [0.1, 0.15) is 24.4 Å². The highest BCUT2D eigenvalue weighted by molar-refractivity contribution is 5.62. The third-order valence-electron chi connectivity index (χ3n) is 4.18. The van der Waals surface area contributed by atoms with Gasteiger partial charge in [0.2, 0.25) is 0 Å². The molecule has 3 atom stereocenters. The zero-order valence-corrected chi connectivity index (χ0v) is 10.5. The average molecular weight is 266 g/mol. The number of halogens is 2. The van der Waals surface area contributed by atoms with E-state index in [1.165, 1.54) is 18.2 Å². The van der Waals surface area contributed by atoms with Crippen molar-refractivity contribution >= 4 is 6.29 Å². The van der Waals surface area contributed by atoms with Gasteiger partial charge in [0.25, 0.3) is 0 Å². The summed E-state index contributed by atoms with van der Waals surface area (Å²) in [5.74, 6) is -1.29. The van der Waals surface area contributed by atoms with Gasteiger partial charge in [-0.1, -0.05) is 6.07 Å². The van der Waals surface area contributed by atoms with Crippen molar-refractivity contribution in [3.05, 3.63) is 35.4 Å². The first kappa shape index (κ1) is 12.7. The van der Waals surface area contributed by atoms with E-state index in [1.807, 2.05) is 4.90 Å². The van der Waals surface area contributed by atoms with Crippen LogP contribution < -0.4 is 5.32 Å². The SMILES string of the molecule is O=CC(c1c(F)cccc1F)N1C2CCC1CNC2. The van der Waals surface area contributed by atoms with Crippen LogP contribution >= 0.6 is 0 Å². The molecular formula is C14H16F2N2O. The number of carbonyl (C=O) groups is 1. The van der Waals surface area contributed by atoms with Crippen LogP contribution in [-0.2, 0) is 4.79 Å². The number of fused-ring (bicyclic) bond motifs is 2. The van der Waals surface area contributed by atoms with Gasteiger partial charge in [-0.05, 0) is 25.0 Å². The molecular weight excluding hydrogens is 250 g/mol. The molecule has 1 N–H and O–H groups in total. The van der Waals surface area contributed by atoms with Gasteiger partial charge in [0.15, 0.2) is 0 Å². The fourth-order valence-corrected chi connectivity index (χ4v) is 3.35. The van der Waals surface area contributed by atoms with Crippen molar-refractivity contribution in [3.63, 3.8) is 0 Å². The van der Waals surface area contributed by atoms with Crippen molar-refractivity contribution in [3.8, 4) is 0 Å². The summed E-state index contributed by atoms with van der Waals surface area (Å²) < 4.78 is 27.8. The highest BCUT2D eigenvalue weighted by atomic mass is 19.1. The van der Waals surface area contributed by atoms with E-state index in [2.05, 4.69) is 5.32 Å². The zero-order chi connectivity index (χ0) is 13.4. The van der Waals surface area contributed by atoms with Crippen LogP contribution in [0.2, 0.25) is 0 Å². The molecule has 19 heavy (non-hydrogen) atoms. The minimum absolute atomic E-state index is 0.115. The molecule has 0 aromatic heterocycles. The van der Waals surface area contributed by atoms with E-state index in [0.717, 1.165) is 25.9 Å². The molecule has 102 valence electrons. The number of benzene rings is 1. The number of aldehydes is 1. The van der Waals surface area contributed by atoms with Crippen molar-refractivity contribution in [1.82, 2.24) is 10.2 Å². The fourth-order valence-electron chi connectivity index (χ4n) is 3.35. The summed E-state index contributed by atoms with van der Waals surface area (Å²) in [4.78, 5) is 13.4. The second-order valence-electron chi connectivity index (χ2n) is 5.21. The largest absolute Gasteiger partial charge is 0.314 e. The number of piperazine rings is 1. The molecule has 2 fully saturated rings. The first-order chi connectivity index (χ1) is 9.22. The minimum Gasteiger partial charge on any atom is -0.314 e. The van der Waals surface area contributed by atoms with Crippen LogP contribution in [0.25, 0.3) is 0 Å². The molecule has 3 rings (SSSR count). The van der Waals surface area contributed by atoms with Gasteiger partial charge in [-0.3, -0.25) is 4.90 Å². The Hall–Kier alpha value is -1.33. The Balaban J connectivity index is 1.99. The molecule has 0 amide bonds. The minimum atomic E-state index is -0.819. The molecule has 2 bridgehead atoms. The maximum atomic E-state index is 13.9. The van der Waals surface area contributed by atoms with Crippen LogP contribution in [0.5, 0.6) is 0 Å². The van der Waals surface area contributed by atoms with Crippen molar-refractivity contribution in [2.24, 2.45) is 0 Å². The monoisotopic (exact) mass is 266 g/mol. The molecule has 0 aliphatic carbocycles. The van der Waals surface area contributed by atoms with E-state index in [4.69, 9.17) is 0 Å². The Morgan fingerprint density at radius 3 is 2.32 bits per heavy atom. The van der Waals surface area contributed by atoms with E-state index in [0.29, 0.717) is 6.29 Å². The Labute approximate surface area is 110 Å². The lowest BCUT2D eigenvalue weighted by atomic mass is 10.0. The van der Waals surface area contributed by atoms with Crippen molar-refractivity contribution in [2.75, 3.05) is 13.1 Å². The van der Waals surface area contributed by atoms with E-state index < -0.39 is 17.7 Å². The standard InChI is InChI=1S/C14H16F2N2O/c15-11-2-1-3-12(16)14(11)13(8-19)18-9-4-5-10(18)7-17-6-9/h1-3,8-10,13,17H,4-7H2. The summed E-state index contributed by atoms with van der Waals surface area (Å²) >= 11 is 0. The Kier molecular flexibility index (Phi) is 3.33. The summed E-state index contributed by atoms with van der Waals surface area (Å²) in [7, 11) is 0. The Morgan fingerprint density at radius 1 is 1.21 bits per heavy atom. The molecule has 1 aromatic carbocycles. The third-order valence-corrected chi connectivity index (χ3v) is 4.18. The van der Waals surface area contributed by atoms with Crippen molar-refractivity contribution < 1.29 is 13.6 Å². The van der Waals surface area contributed by atoms with Crippen molar-refractivity contribution in [1.29, 1.82) is 0 Å². The predicted molar refractivity (Wildman–Crippen MR) is 66.7 cm³/mol. The maximum absolute atomic E-state index is 13.9. The molecule has 5 heteroatoms.